The molecule has 0 amide bonds. The van der Waals surface area contributed by atoms with Gasteiger partial charge in [0.15, 0.2) is 0 Å². The average molecular weight is 197 g/mol. The van der Waals surface area contributed by atoms with Crippen molar-refractivity contribution < 1.29 is 5.11 Å². The third-order valence-electron chi connectivity index (χ3n) is 1.81. The van der Waals surface area contributed by atoms with E-state index in [1.54, 1.807) is 6.07 Å². The summed E-state index contributed by atoms with van der Waals surface area (Å²) in [4.78, 5) is 0. The molecule has 0 unspecified atom stereocenters. The van der Waals surface area contributed by atoms with E-state index in [9.17, 15) is 5.11 Å². The highest BCUT2D eigenvalue weighted by molar-refractivity contribution is 6.17. The molecule has 0 saturated carbocycles. The predicted octanol–water partition coefficient (Wildman–Crippen LogP) is 3.34. The van der Waals surface area contributed by atoms with Crippen LogP contribution >= 0.6 is 11.6 Å². The second-order valence-corrected chi connectivity index (χ2v) is 3.30. The Labute approximate surface area is 83.7 Å². The molecule has 1 N–H and O–H groups in total. The van der Waals surface area contributed by atoms with E-state index in [2.05, 4.69) is 0 Å². The number of aryl methyl sites for hydroxylation is 1. The molecular formula is C11H13ClO. The van der Waals surface area contributed by atoms with Crippen LogP contribution in [0.3, 0.4) is 0 Å². The lowest BCUT2D eigenvalue weighted by Crippen LogP contribution is -1.77. The van der Waals surface area contributed by atoms with Crippen molar-refractivity contribution in [2.75, 3.05) is 5.88 Å². The molecule has 0 aromatic heterocycles. The molecule has 1 aromatic carbocycles. The van der Waals surface area contributed by atoms with E-state index >= 15 is 0 Å². The summed E-state index contributed by atoms with van der Waals surface area (Å²) in [7, 11) is 0. The number of phenols is 1. The van der Waals surface area contributed by atoms with Gasteiger partial charge in [-0.2, -0.15) is 0 Å². The Morgan fingerprint density at radius 1 is 1.46 bits per heavy atom. The minimum Gasteiger partial charge on any atom is -0.508 e. The fourth-order valence-electron chi connectivity index (χ4n) is 1.06. The highest BCUT2D eigenvalue weighted by Gasteiger charge is 1.94. The zero-order valence-corrected chi connectivity index (χ0v) is 8.38. The Morgan fingerprint density at radius 3 is 2.85 bits per heavy atom. The Kier molecular flexibility index (Phi) is 3.84. The van der Waals surface area contributed by atoms with Crippen molar-refractivity contribution in [3.63, 3.8) is 0 Å². The van der Waals surface area contributed by atoms with Crippen LogP contribution in [0.1, 0.15) is 17.5 Å². The lowest BCUT2D eigenvalue weighted by atomic mass is 10.1. The second kappa shape index (κ2) is 4.93. The fraction of sp³-hybridized carbons (Fsp3) is 0.273. The number of aromatic hydroxyl groups is 1. The summed E-state index contributed by atoms with van der Waals surface area (Å²) in [6.45, 7) is 1.88. The molecule has 0 radical (unpaired) electrons. The van der Waals surface area contributed by atoms with E-state index in [0.717, 1.165) is 17.5 Å². The van der Waals surface area contributed by atoms with Crippen LogP contribution in [-0.2, 0) is 0 Å². The summed E-state index contributed by atoms with van der Waals surface area (Å²) < 4.78 is 0. The van der Waals surface area contributed by atoms with Gasteiger partial charge in [-0.25, -0.2) is 0 Å². The Hall–Kier alpha value is -0.950. The molecule has 1 rings (SSSR count). The van der Waals surface area contributed by atoms with Gasteiger partial charge in [-0.1, -0.05) is 18.2 Å². The summed E-state index contributed by atoms with van der Waals surface area (Å²) in [5.74, 6) is 0.989. The van der Waals surface area contributed by atoms with Gasteiger partial charge < -0.3 is 5.11 Å². The number of benzene rings is 1. The Bertz CT molecular complexity index is 305. The van der Waals surface area contributed by atoms with Gasteiger partial charge in [0.25, 0.3) is 0 Å². The van der Waals surface area contributed by atoms with Gasteiger partial charge in [0, 0.05) is 5.88 Å². The first-order chi connectivity index (χ1) is 6.24. The number of hydrogen-bond donors (Lipinski definition) is 1. The molecule has 0 fully saturated rings. The lowest BCUT2D eigenvalue weighted by Gasteiger charge is -1.99. The topological polar surface area (TPSA) is 20.2 Å². The van der Waals surface area contributed by atoms with Crippen LogP contribution in [0.5, 0.6) is 5.75 Å². The molecule has 1 aromatic rings. The average Bonchev–Trinajstić information content (AvgIpc) is 2.12. The smallest absolute Gasteiger partial charge is 0.118 e. The Balaban J connectivity index is 2.73. The molecule has 2 heteroatoms. The summed E-state index contributed by atoms with van der Waals surface area (Å²) in [6, 6.07) is 5.53. The molecule has 70 valence electrons. The predicted molar refractivity (Wildman–Crippen MR) is 57.2 cm³/mol. The minimum atomic E-state index is 0.342. The van der Waals surface area contributed by atoms with Crippen LogP contribution in [0, 0.1) is 6.92 Å². The number of hydrogen-bond acceptors (Lipinski definition) is 1. The highest BCUT2D eigenvalue weighted by Crippen LogP contribution is 2.17. The van der Waals surface area contributed by atoms with Gasteiger partial charge in [0.05, 0.1) is 0 Å². The molecule has 0 aliphatic heterocycles. The molecule has 0 atom stereocenters. The van der Waals surface area contributed by atoms with Crippen LogP contribution < -0.4 is 0 Å². The van der Waals surface area contributed by atoms with Crippen LogP contribution in [-0.4, -0.2) is 11.0 Å². The first-order valence-electron chi connectivity index (χ1n) is 4.26. The second-order valence-electron chi connectivity index (χ2n) is 2.93. The van der Waals surface area contributed by atoms with Gasteiger partial charge in [0.2, 0.25) is 0 Å². The van der Waals surface area contributed by atoms with Crippen molar-refractivity contribution in [2.24, 2.45) is 0 Å². The number of rotatable bonds is 3. The van der Waals surface area contributed by atoms with Crippen LogP contribution in [0.15, 0.2) is 24.3 Å². The van der Waals surface area contributed by atoms with E-state index < -0.39 is 0 Å². The van der Waals surface area contributed by atoms with Gasteiger partial charge in [-0.15, -0.1) is 11.6 Å². The monoisotopic (exact) mass is 196 g/mol. The number of halogens is 1. The molecule has 13 heavy (non-hydrogen) atoms. The molecule has 0 bridgehead atoms. The van der Waals surface area contributed by atoms with Crippen LogP contribution in [0.4, 0.5) is 0 Å². The van der Waals surface area contributed by atoms with Crippen molar-refractivity contribution in [3.8, 4) is 5.75 Å². The fourth-order valence-corrected chi connectivity index (χ4v) is 1.19. The molecule has 0 heterocycles. The molecule has 0 saturated heterocycles. The Morgan fingerprint density at radius 2 is 2.23 bits per heavy atom. The van der Waals surface area contributed by atoms with Crippen molar-refractivity contribution >= 4 is 17.7 Å². The maximum absolute atomic E-state index is 9.27. The molecule has 0 aliphatic carbocycles. The third kappa shape index (κ3) is 3.11. The van der Waals surface area contributed by atoms with Crippen LogP contribution in [0.2, 0.25) is 0 Å². The number of allylic oxidation sites excluding steroid dienone is 1. The van der Waals surface area contributed by atoms with Crippen molar-refractivity contribution in [2.45, 2.75) is 13.3 Å². The first-order valence-corrected chi connectivity index (χ1v) is 4.79. The van der Waals surface area contributed by atoms with Gasteiger partial charge in [0.1, 0.15) is 5.75 Å². The van der Waals surface area contributed by atoms with E-state index in [-0.39, 0.29) is 0 Å². The maximum Gasteiger partial charge on any atom is 0.118 e. The minimum absolute atomic E-state index is 0.342. The third-order valence-corrected chi connectivity index (χ3v) is 2.03. The zero-order chi connectivity index (χ0) is 9.68. The number of phenolic OH excluding ortho intramolecular Hbond substituents is 1. The van der Waals surface area contributed by atoms with Gasteiger partial charge in [-0.3, -0.25) is 0 Å². The van der Waals surface area contributed by atoms with Crippen LogP contribution in [0.25, 0.3) is 6.08 Å². The summed E-state index contributed by atoms with van der Waals surface area (Å²) in [6.07, 6.45) is 4.91. The van der Waals surface area contributed by atoms with E-state index in [1.165, 1.54) is 0 Å². The van der Waals surface area contributed by atoms with E-state index in [0.29, 0.717) is 11.6 Å². The van der Waals surface area contributed by atoms with E-state index in [4.69, 9.17) is 11.6 Å². The normalized spacial score (nSPS) is 10.9. The van der Waals surface area contributed by atoms with Crippen molar-refractivity contribution in [1.82, 2.24) is 0 Å². The summed E-state index contributed by atoms with van der Waals surface area (Å²) in [5.41, 5.74) is 1.99. The maximum atomic E-state index is 9.27. The SMILES string of the molecule is Cc1cc(C=CCCCl)ccc1O. The highest BCUT2D eigenvalue weighted by atomic mass is 35.5. The lowest BCUT2D eigenvalue weighted by molar-refractivity contribution is 0.471. The summed E-state index contributed by atoms with van der Waals surface area (Å²) in [5, 5.41) is 9.27. The molecular weight excluding hydrogens is 184 g/mol. The molecule has 1 nitrogen and oxygen atoms in total. The molecule has 0 spiro atoms. The van der Waals surface area contributed by atoms with E-state index in [1.807, 2.05) is 31.2 Å². The zero-order valence-electron chi connectivity index (χ0n) is 7.63. The van der Waals surface area contributed by atoms with Crippen molar-refractivity contribution in [3.05, 3.63) is 35.4 Å². The first kappa shape index (κ1) is 10.1. The standard InChI is InChI=1S/C11H13ClO/c1-9-8-10(4-2-3-7-12)5-6-11(9)13/h2,4-6,8,13H,3,7H2,1H3. The van der Waals surface area contributed by atoms with Crippen molar-refractivity contribution in [1.29, 1.82) is 0 Å². The largest absolute Gasteiger partial charge is 0.508 e. The molecule has 0 aliphatic rings. The van der Waals surface area contributed by atoms with Gasteiger partial charge >= 0.3 is 0 Å². The number of alkyl halides is 1. The summed E-state index contributed by atoms with van der Waals surface area (Å²) >= 11 is 5.53. The quantitative estimate of drug-likeness (QED) is 0.736. The van der Waals surface area contributed by atoms with Gasteiger partial charge in [-0.05, 0) is 36.6 Å².